The minimum Gasteiger partial charge on any atom is -0.497 e. The number of amides is 1. The highest BCUT2D eigenvalue weighted by Crippen LogP contribution is 2.30. The molecule has 8 heteroatoms. The van der Waals surface area contributed by atoms with Crippen LogP contribution in [0, 0.1) is 0 Å². The van der Waals surface area contributed by atoms with Crippen molar-refractivity contribution in [2.75, 3.05) is 26.0 Å². The Balaban J connectivity index is 1.62. The van der Waals surface area contributed by atoms with Crippen molar-refractivity contribution in [2.24, 2.45) is 0 Å². The number of likely N-dealkylation sites (tertiary alicyclic amines) is 1. The summed E-state index contributed by atoms with van der Waals surface area (Å²) in [5.41, 5.74) is 1.80. The van der Waals surface area contributed by atoms with E-state index in [1.807, 2.05) is 58.0 Å². The number of rotatable bonds is 6. The monoisotopic (exact) mass is 456 g/mol. The van der Waals surface area contributed by atoms with Gasteiger partial charge in [0.2, 0.25) is 5.91 Å². The zero-order chi connectivity index (χ0) is 21.6. The molecule has 0 aliphatic carbocycles. The molecule has 2 aromatic carbocycles. The van der Waals surface area contributed by atoms with Crippen LogP contribution in [0.15, 0.2) is 53.7 Å². The van der Waals surface area contributed by atoms with Crippen LogP contribution in [0.25, 0.3) is 17.1 Å². The van der Waals surface area contributed by atoms with Crippen molar-refractivity contribution < 1.29 is 9.53 Å². The minimum atomic E-state index is 0.157. The van der Waals surface area contributed by atoms with Gasteiger partial charge in [-0.05, 0) is 61.4 Å². The molecule has 0 N–H and O–H groups in total. The van der Waals surface area contributed by atoms with E-state index in [0.717, 1.165) is 42.9 Å². The zero-order valence-electron chi connectivity index (χ0n) is 17.5. The topological polar surface area (TPSA) is 60.2 Å². The van der Waals surface area contributed by atoms with Crippen molar-refractivity contribution in [2.45, 2.75) is 30.8 Å². The molecule has 0 spiro atoms. The summed E-state index contributed by atoms with van der Waals surface area (Å²) in [5, 5.41) is 10.2. The van der Waals surface area contributed by atoms with Crippen LogP contribution in [0.4, 0.5) is 0 Å². The first-order chi connectivity index (χ1) is 15.2. The average Bonchev–Trinajstić information content (AvgIpc) is 3.02. The lowest BCUT2D eigenvalue weighted by Gasteiger charge is -2.20. The number of thioether (sulfide) groups is 1. The lowest BCUT2D eigenvalue weighted by Crippen LogP contribution is -2.33. The summed E-state index contributed by atoms with van der Waals surface area (Å²) in [4.78, 5) is 14.8. The van der Waals surface area contributed by atoms with Gasteiger partial charge in [-0.1, -0.05) is 36.2 Å². The molecule has 0 unspecified atom stereocenters. The van der Waals surface area contributed by atoms with Gasteiger partial charge in [-0.15, -0.1) is 10.2 Å². The Hall–Kier alpha value is -2.51. The van der Waals surface area contributed by atoms with Crippen LogP contribution in [0.2, 0.25) is 5.02 Å². The SMILES string of the molecule is COc1ccc(-n2c(SCC(=O)N3CCCCCC3)nnc2-c2ccc(Cl)cc2)cc1. The van der Waals surface area contributed by atoms with E-state index in [1.165, 1.54) is 24.6 Å². The van der Waals surface area contributed by atoms with Crippen molar-refractivity contribution in [1.82, 2.24) is 19.7 Å². The number of nitrogens with zero attached hydrogens (tertiary/aromatic N) is 4. The van der Waals surface area contributed by atoms with Crippen molar-refractivity contribution in [3.8, 4) is 22.8 Å². The first-order valence-corrected chi connectivity index (χ1v) is 11.8. The largest absolute Gasteiger partial charge is 0.497 e. The third kappa shape index (κ3) is 5.22. The highest BCUT2D eigenvalue weighted by atomic mass is 35.5. The van der Waals surface area contributed by atoms with Crippen molar-refractivity contribution in [1.29, 1.82) is 0 Å². The van der Waals surface area contributed by atoms with Gasteiger partial charge >= 0.3 is 0 Å². The van der Waals surface area contributed by atoms with Crippen LogP contribution in [-0.4, -0.2) is 51.5 Å². The van der Waals surface area contributed by atoms with Gasteiger partial charge in [0, 0.05) is 29.4 Å². The van der Waals surface area contributed by atoms with Crippen LogP contribution in [0.3, 0.4) is 0 Å². The molecule has 6 nitrogen and oxygen atoms in total. The number of hydrogen-bond donors (Lipinski definition) is 0. The smallest absolute Gasteiger partial charge is 0.233 e. The van der Waals surface area contributed by atoms with Crippen LogP contribution >= 0.6 is 23.4 Å². The van der Waals surface area contributed by atoms with Crippen LogP contribution in [0.1, 0.15) is 25.7 Å². The lowest BCUT2D eigenvalue weighted by atomic mass is 10.2. The Morgan fingerprint density at radius 1 is 1.00 bits per heavy atom. The fraction of sp³-hybridized carbons (Fsp3) is 0.348. The Morgan fingerprint density at radius 2 is 1.68 bits per heavy atom. The second-order valence-electron chi connectivity index (χ2n) is 7.43. The predicted molar refractivity (Wildman–Crippen MR) is 124 cm³/mol. The molecular formula is C23H25ClN4O2S. The zero-order valence-corrected chi connectivity index (χ0v) is 19.0. The summed E-state index contributed by atoms with van der Waals surface area (Å²) in [6, 6.07) is 15.2. The maximum absolute atomic E-state index is 12.8. The van der Waals surface area contributed by atoms with Gasteiger partial charge in [-0.2, -0.15) is 0 Å². The number of carbonyl (C=O) groups excluding carboxylic acids is 1. The molecule has 1 aromatic heterocycles. The van der Waals surface area contributed by atoms with Crippen LogP contribution in [0.5, 0.6) is 5.75 Å². The van der Waals surface area contributed by atoms with Crippen molar-refractivity contribution in [3.63, 3.8) is 0 Å². The second-order valence-corrected chi connectivity index (χ2v) is 8.81. The first-order valence-electron chi connectivity index (χ1n) is 10.4. The molecule has 0 atom stereocenters. The van der Waals surface area contributed by atoms with E-state index in [9.17, 15) is 4.79 Å². The Kier molecular flexibility index (Phi) is 7.14. The second kappa shape index (κ2) is 10.2. The average molecular weight is 457 g/mol. The highest BCUT2D eigenvalue weighted by molar-refractivity contribution is 7.99. The fourth-order valence-corrected chi connectivity index (χ4v) is 4.63. The van der Waals surface area contributed by atoms with Gasteiger partial charge in [0.1, 0.15) is 5.75 Å². The number of benzene rings is 2. The van der Waals surface area contributed by atoms with Crippen molar-refractivity contribution >= 4 is 29.3 Å². The van der Waals surface area contributed by atoms with E-state index in [0.29, 0.717) is 21.8 Å². The number of aromatic nitrogens is 3. The molecule has 4 rings (SSSR count). The van der Waals surface area contributed by atoms with Gasteiger partial charge < -0.3 is 9.64 Å². The van der Waals surface area contributed by atoms with Crippen LogP contribution in [-0.2, 0) is 4.79 Å². The normalized spacial score (nSPS) is 14.3. The Labute approximate surface area is 191 Å². The molecule has 1 saturated heterocycles. The standard InChI is InChI=1S/C23H25ClN4O2S/c1-30-20-12-10-19(11-13-20)28-22(17-6-8-18(24)9-7-17)25-26-23(28)31-16-21(29)27-14-4-2-3-5-15-27/h6-13H,2-5,14-16H2,1H3. The third-order valence-electron chi connectivity index (χ3n) is 5.35. The number of halogens is 1. The van der Waals surface area contributed by atoms with Crippen LogP contribution < -0.4 is 4.74 Å². The fourth-order valence-electron chi connectivity index (χ4n) is 3.65. The lowest BCUT2D eigenvalue weighted by molar-refractivity contribution is -0.128. The van der Waals surface area contributed by atoms with Gasteiger partial charge in [0.25, 0.3) is 0 Å². The molecular weight excluding hydrogens is 432 g/mol. The maximum atomic E-state index is 12.8. The summed E-state index contributed by atoms with van der Waals surface area (Å²) < 4.78 is 7.27. The molecule has 1 aliphatic rings. The van der Waals surface area contributed by atoms with E-state index in [1.54, 1.807) is 7.11 Å². The summed E-state index contributed by atoms with van der Waals surface area (Å²) in [6.07, 6.45) is 4.57. The molecule has 31 heavy (non-hydrogen) atoms. The predicted octanol–water partition coefficient (Wildman–Crippen LogP) is 5.09. The highest BCUT2D eigenvalue weighted by Gasteiger charge is 2.20. The van der Waals surface area contributed by atoms with E-state index >= 15 is 0 Å². The van der Waals surface area contributed by atoms with Gasteiger partial charge in [0.15, 0.2) is 11.0 Å². The minimum absolute atomic E-state index is 0.157. The van der Waals surface area contributed by atoms with E-state index in [2.05, 4.69) is 10.2 Å². The summed E-state index contributed by atoms with van der Waals surface area (Å²) in [7, 11) is 1.64. The van der Waals surface area contributed by atoms with Gasteiger partial charge in [-0.3, -0.25) is 9.36 Å². The molecule has 2 heterocycles. The van der Waals surface area contributed by atoms with E-state index < -0.39 is 0 Å². The van der Waals surface area contributed by atoms with E-state index in [-0.39, 0.29) is 5.91 Å². The van der Waals surface area contributed by atoms with Crippen molar-refractivity contribution in [3.05, 3.63) is 53.6 Å². The quantitative estimate of drug-likeness (QED) is 0.483. The number of methoxy groups -OCH3 is 1. The number of carbonyl (C=O) groups is 1. The molecule has 1 fully saturated rings. The summed E-state index contributed by atoms with van der Waals surface area (Å²) >= 11 is 7.48. The summed E-state index contributed by atoms with van der Waals surface area (Å²) in [6.45, 7) is 1.70. The molecule has 1 amide bonds. The molecule has 0 saturated carbocycles. The number of ether oxygens (including phenoxy) is 1. The Morgan fingerprint density at radius 3 is 2.32 bits per heavy atom. The van der Waals surface area contributed by atoms with E-state index in [4.69, 9.17) is 16.3 Å². The number of hydrogen-bond acceptors (Lipinski definition) is 5. The molecule has 162 valence electrons. The molecule has 3 aromatic rings. The van der Waals surface area contributed by atoms with Gasteiger partial charge in [-0.25, -0.2) is 0 Å². The summed E-state index contributed by atoms with van der Waals surface area (Å²) in [5.74, 6) is 1.97. The maximum Gasteiger partial charge on any atom is 0.233 e. The van der Waals surface area contributed by atoms with Gasteiger partial charge in [0.05, 0.1) is 12.9 Å². The third-order valence-corrected chi connectivity index (χ3v) is 6.52. The molecule has 1 aliphatic heterocycles. The first kappa shape index (κ1) is 21.7. The molecule has 0 bridgehead atoms. The molecule has 0 radical (unpaired) electrons. The Bertz CT molecular complexity index is 1010.